The van der Waals surface area contributed by atoms with Crippen LogP contribution in [0.4, 0.5) is 9.93 Å². The molecule has 0 unspecified atom stereocenters. The lowest BCUT2D eigenvalue weighted by molar-refractivity contribution is -0.113. The average Bonchev–Trinajstić information content (AvgIpc) is 2.65. The van der Waals surface area contributed by atoms with Crippen LogP contribution in [0.1, 0.15) is 31.3 Å². The molecular weight excluding hydrogens is 322 g/mol. The molecule has 0 saturated heterocycles. The first kappa shape index (κ1) is 18.8. The zero-order chi connectivity index (χ0) is 16.8. The Morgan fingerprint density at radius 2 is 2.00 bits per heavy atom. The number of carbonyl (C=O) groups excluding carboxylic acids is 2. The highest BCUT2D eigenvalue weighted by atomic mass is 32.2. The number of aromatic nitrogens is 1. The second kappa shape index (κ2) is 8.38. The van der Waals surface area contributed by atoms with Crippen LogP contribution in [0.2, 0.25) is 0 Å². The summed E-state index contributed by atoms with van der Waals surface area (Å²) >= 11 is 2.92. The molecule has 8 heteroatoms. The molecule has 124 valence electrons. The van der Waals surface area contributed by atoms with Crippen molar-refractivity contribution in [3.8, 4) is 0 Å². The number of thioether (sulfide) groups is 1. The number of anilines is 1. The monoisotopic (exact) mass is 345 g/mol. The van der Waals surface area contributed by atoms with E-state index in [-0.39, 0.29) is 5.91 Å². The summed E-state index contributed by atoms with van der Waals surface area (Å²) < 4.78 is 5.11. The molecule has 0 spiro atoms. The molecule has 1 heterocycles. The molecule has 1 rings (SSSR count). The van der Waals surface area contributed by atoms with E-state index in [4.69, 9.17) is 4.74 Å². The van der Waals surface area contributed by atoms with Gasteiger partial charge in [-0.2, -0.15) is 11.8 Å². The number of nitrogens with zero attached hydrogens (tertiary/aromatic N) is 1. The summed E-state index contributed by atoms with van der Waals surface area (Å²) in [6.07, 6.45) is -0.439. The lowest BCUT2D eigenvalue weighted by atomic mass is 10.2. The first-order valence-corrected chi connectivity index (χ1v) is 8.93. The Labute approximate surface area is 139 Å². The van der Waals surface area contributed by atoms with Crippen molar-refractivity contribution in [3.63, 3.8) is 0 Å². The van der Waals surface area contributed by atoms with Crippen molar-refractivity contribution < 1.29 is 14.3 Å². The van der Waals surface area contributed by atoms with Crippen molar-refractivity contribution in [1.82, 2.24) is 10.3 Å². The van der Waals surface area contributed by atoms with E-state index in [0.29, 0.717) is 23.2 Å². The Morgan fingerprint density at radius 3 is 2.55 bits per heavy atom. The Hall–Kier alpha value is -1.28. The SMILES string of the molecule is Cc1nc(NC(=O)CSCCNC(=O)OC(C)(C)C)sc1C. The van der Waals surface area contributed by atoms with Gasteiger partial charge in [0.1, 0.15) is 5.60 Å². The van der Waals surface area contributed by atoms with E-state index >= 15 is 0 Å². The Balaban J connectivity index is 2.14. The molecule has 0 bridgehead atoms. The van der Waals surface area contributed by atoms with Gasteiger partial charge in [-0.15, -0.1) is 11.3 Å². The fraction of sp³-hybridized carbons (Fsp3) is 0.643. The maximum absolute atomic E-state index is 11.7. The minimum atomic E-state index is -0.499. The third-order valence-corrected chi connectivity index (χ3v) is 4.37. The van der Waals surface area contributed by atoms with Gasteiger partial charge >= 0.3 is 6.09 Å². The van der Waals surface area contributed by atoms with Crippen LogP contribution in [0.3, 0.4) is 0 Å². The number of hydrogen-bond donors (Lipinski definition) is 2. The predicted octanol–water partition coefficient (Wildman–Crippen LogP) is 2.96. The number of hydrogen-bond acceptors (Lipinski definition) is 6. The summed E-state index contributed by atoms with van der Waals surface area (Å²) in [4.78, 5) is 28.5. The van der Waals surface area contributed by atoms with Crippen molar-refractivity contribution in [1.29, 1.82) is 0 Å². The highest BCUT2D eigenvalue weighted by Crippen LogP contribution is 2.21. The van der Waals surface area contributed by atoms with Crippen molar-refractivity contribution in [2.24, 2.45) is 0 Å². The van der Waals surface area contributed by atoms with Crippen LogP contribution >= 0.6 is 23.1 Å². The lowest BCUT2D eigenvalue weighted by Crippen LogP contribution is -2.33. The van der Waals surface area contributed by atoms with Crippen LogP contribution in [0, 0.1) is 13.8 Å². The molecule has 2 N–H and O–H groups in total. The highest BCUT2D eigenvalue weighted by molar-refractivity contribution is 7.99. The summed E-state index contributed by atoms with van der Waals surface area (Å²) in [6.45, 7) is 9.79. The molecule has 0 aromatic carbocycles. The van der Waals surface area contributed by atoms with E-state index in [1.165, 1.54) is 23.1 Å². The number of alkyl carbamates (subject to hydrolysis) is 1. The Bertz CT molecular complexity index is 504. The molecule has 6 nitrogen and oxygen atoms in total. The summed E-state index contributed by atoms with van der Waals surface area (Å²) in [7, 11) is 0. The molecule has 0 aliphatic rings. The number of amides is 2. The Morgan fingerprint density at radius 1 is 1.32 bits per heavy atom. The molecule has 1 aromatic heterocycles. The van der Waals surface area contributed by atoms with Gasteiger partial charge in [0.05, 0.1) is 11.4 Å². The highest BCUT2D eigenvalue weighted by Gasteiger charge is 2.15. The summed E-state index contributed by atoms with van der Waals surface area (Å²) in [5.41, 5.74) is 0.440. The molecule has 2 amide bonds. The fourth-order valence-corrected chi connectivity index (χ4v) is 2.86. The van der Waals surface area contributed by atoms with Gasteiger partial charge < -0.3 is 15.4 Å². The quantitative estimate of drug-likeness (QED) is 0.775. The number of aryl methyl sites for hydroxylation is 2. The minimum absolute atomic E-state index is 0.0870. The number of rotatable bonds is 6. The molecule has 0 radical (unpaired) electrons. The van der Waals surface area contributed by atoms with Crippen LogP contribution in [0.25, 0.3) is 0 Å². The molecule has 1 aromatic rings. The average molecular weight is 345 g/mol. The summed E-state index contributed by atoms with van der Waals surface area (Å²) in [5.74, 6) is 0.881. The minimum Gasteiger partial charge on any atom is -0.444 e. The van der Waals surface area contributed by atoms with Gasteiger partial charge in [-0.05, 0) is 34.6 Å². The van der Waals surface area contributed by atoms with Crippen LogP contribution in [-0.2, 0) is 9.53 Å². The zero-order valence-corrected chi connectivity index (χ0v) is 15.2. The molecule has 22 heavy (non-hydrogen) atoms. The maximum Gasteiger partial charge on any atom is 0.407 e. The number of carbonyl (C=O) groups is 2. The van der Waals surface area contributed by atoms with Gasteiger partial charge in [0.2, 0.25) is 5.91 Å². The molecule has 0 aliphatic carbocycles. The second-order valence-corrected chi connectivity index (χ2v) is 8.00. The van der Waals surface area contributed by atoms with Crippen LogP contribution in [0.5, 0.6) is 0 Å². The fourth-order valence-electron chi connectivity index (χ4n) is 1.39. The first-order valence-electron chi connectivity index (χ1n) is 6.96. The van der Waals surface area contributed by atoms with Gasteiger partial charge in [-0.3, -0.25) is 4.79 Å². The van der Waals surface area contributed by atoms with Crippen LogP contribution in [0.15, 0.2) is 0 Å². The second-order valence-electron chi connectivity index (χ2n) is 5.69. The van der Waals surface area contributed by atoms with E-state index in [1.54, 1.807) is 0 Å². The molecule has 0 fully saturated rings. The molecule has 0 saturated carbocycles. The smallest absolute Gasteiger partial charge is 0.407 e. The number of thiazole rings is 1. The van der Waals surface area contributed by atoms with Crippen molar-refractivity contribution >= 4 is 40.2 Å². The molecule has 0 atom stereocenters. The van der Waals surface area contributed by atoms with Gasteiger partial charge in [-0.1, -0.05) is 0 Å². The van der Waals surface area contributed by atoms with Crippen LogP contribution in [-0.4, -0.2) is 40.6 Å². The van der Waals surface area contributed by atoms with Gasteiger partial charge in [0.15, 0.2) is 5.13 Å². The third-order valence-electron chi connectivity index (χ3n) is 2.42. The normalized spacial score (nSPS) is 11.1. The maximum atomic E-state index is 11.7. The van der Waals surface area contributed by atoms with Gasteiger partial charge in [0.25, 0.3) is 0 Å². The van der Waals surface area contributed by atoms with Crippen molar-refractivity contribution in [2.75, 3.05) is 23.4 Å². The van der Waals surface area contributed by atoms with E-state index in [1.807, 2.05) is 34.6 Å². The van der Waals surface area contributed by atoms with E-state index in [9.17, 15) is 9.59 Å². The van der Waals surface area contributed by atoms with Crippen LogP contribution < -0.4 is 10.6 Å². The number of nitrogens with one attached hydrogen (secondary N) is 2. The van der Waals surface area contributed by atoms with E-state index < -0.39 is 11.7 Å². The molecule has 0 aliphatic heterocycles. The summed E-state index contributed by atoms with van der Waals surface area (Å²) in [6, 6.07) is 0. The Kier molecular flexibility index (Phi) is 7.15. The van der Waals surface area contributed by atoms with Crippen molar-refractivity contribution in [3.05, 3.63) is 10.6 Å². The lowest BCUT2D eigenvalue weighted by Gasteiger charge is -2.19. The summed E-state index contributed by atoms with van der Waals surface area (Å²) in [5, 5.41) is 6.05. The zero-order valence-electron chi connectivity index (χ0n) is 13.6. The number of ether oxygens (including phenoxy) is 1. The van der Waals surface area contributed by atoms with E-state index in [0.717, 1.165) is 10.6 Å². The first-order chi connectivity index (χ1) is 10.2. The largest absolute Gasteiger partial charge is 0.444 e. The van der Waals surface area contributed by atoms with Gasteiger partial charge in [0, 0.05) is 17.2 Å². The topological polar surface area (TPSA) is 80.3 Å². The standard InChI is InChI=1S/C14H23N3O3S2/c1-9-10(2)22-12(16-9)17-11(18)8-21-7-6-15-13(19)20-14(3,4)5/h6-8H2,1-5H3,(H,15,19)(H,16,17,18). The van der Waals surface area contributed by atoms with Gasteiger partial charge in [-0.25, -0.2) is 9.78 Å². The molecular formula is C14H23N3O3S2. The van der Waals surface area contributed by atoms with E-state index in [2.05, 4.69) is 15.6 Å². The third kappa shape index (κ3) is 7.65. The van der Waals surface area contributed by atoms with Crippen molar-refractivity contribution in [2.45, 2.75) is 40.2 Å². The predicted molar refractivity (Wildman–Crippen MR) is 91.8 cm³/mol.